The molecule has 0 saturated heterocycles. The SMILES string of the molecule is O=C(OCCSc1nnc(-c2ccccc2)o1)c1ccccc1. The lowest BCUT2D eigenvalue weighted by molar-refractivity contribution is 0.0530. The molecule has 0 spiro atoms. The van der Waals surface area contributed by atoms with Crippen molar-refractivity contribution < 1.29 is 13.9 Å². The van der Waals surface area contributed by atoms with E-state index in [2.05, 4.69) is 10.2 Å². The van der Waals surface area contributed by atoms with Crippen LogP contribution in [-0.4, -0.2) is 28.5 Å². The average molecular weight is 326 g/mol. The summed E-state index contributed by atoms with van der Waals surface area (Å²) in [5.74, 6) is 0.700. The number of esters is 1. The van der Waals surface area contributed by atoms with Gasteiger partial charge in [-0.3, -0.25) is 0 Å². The summed E-state index contributed by atoms with van der Waals surface area (Å²) in [4.78, 5) is 11.8. The van der Waals surface area contributed by atoms with E-state index in [4.69, 9.17) is 9.15 Å². The first kappa shape index (κ1) is 15.3. The van der Waals surface area contributed by atoms with Gasteiger partial charge in [0.2, 0.25) is 5.89 Å². The lowest BCUT2D eigenvalue weighted by Crippen LogP contribution is -2.07. The molecular formula is C17H14N2O3S. The highest BCUT2D eigenvalue weighted by Gasteiger charge is 2.09. The van der Waals surface area contributed by atoms with Crippen LogP contribution in [0.5, 0.6) is 0 Å². The average Bonchev–Trinajstić information content (AvgIpc) is 3.09. The molecule has 3 aromatic rings. The van der Waals surface area contributed by atoms with Crippen LogP contribution in [0.25, 0.3) is 11.5 Å². The normalized spacial score (nSPS) is 10.4. The van der Waals surface area contributed by atoms with E-state index in [-0.39, 0.29) is 12.6 Å². The third-order valence-electron chi connectivity index (χ3n) is 2.98. The summed E-state index contributed by atoms with van der Waals surface area (Å²) in [7, 11) is 0. The standard InChI is InChI=1S/C17H14N2O3S/c20-16(14-9-5-2-6-10-14)21-11-12-23-17-19-18-15(22-17)13-7-3-1-4-8-13/h1-10H,11-12H2. The zero-order valence-corrected chi connectivity index (χ0v) is 13.0. The highest BCUT2D eigenvalue weighted by atomic mass is 32.2. The van der Waals surface area contributed by atoms with Crippen molar-refractivity contribution in [1.29, 1.82) is 0 Å². The number of ether oxygens (including phenoxy) is 1. The van der Waals surface area contributed by atoms with Crippen molar-refractivity contribution in [3.05, 3.63) is 66.2 Å². The summed E-state index contributed by atoms with van der Waals surface area (Å²) in [5, 5.41) is 8.43. The number of benzene rings is 2. The number of hydrogen-bond donors (Lipinski definition) is 0. The largest absolute Gasteiger partial charge is 0.461 e. The Morgan fingerprint density at radius 2 is 1.70 bits per heavy atom. The van der Waals surface area contributed by atoms with Crippen molar-refractivity contribution in [2.75, 3.05) is 12.4 Å². The van der Waals surface area contributed by atoms with Gasteiger partial charge in [0.05, 0.1) is 5.56 Å². The van der Waals surface area contributed by atoms with E-state index >= 15 is 0 Å². The summed E-state index contributed by atoms with van der Waals surface area (Å²) in [6.07, 6.45) is 0. The van der Waals surface area contributed by atoms with E-state index in [0.717, 1.165) is 5.56 Å². The molecule has 6 heteroatoms. The molecule has 0 fully saturated rings. The number of carbonyl (C=O) groups is 1. The van der Waals surface area contributed by atoms with E-state index in [1.165, 1.54) is 11.8 Å². The summed E-state index contributed by atoms with van der Waals surface area (Å²) in [6.45, 7) is 0.279. The predicted molar refractivity (Wildman–Crippen MR) is 87.2 cm³/mol. The molecule has 2 aromatic carbocycles. The Morgan fingerprint density at radius 1 is 1.00 bits per heavy atom. The van der Waals surface area contributed by atoms with Gasteiger partial charge in [-0.25, -0.2) is 4.79 Å². The second-order valence-electron chi connectivity index (χ2n) is 4.59. The fourth-order valence-electron chi connectivity index (χ4n) is 1.89. The Labute approximate surface area is 137 Å². The number of rotatable bonds is 6. The quantitative estimate of drug-likeness (QED) is 0.391. The molecular weight excluding hydrogens is 312 g/mol. The Hall–Kier alpha value is -2.60. The Bertz CT molecular complexity index is 760. The minimum Gasteiger partial charge on any atom is -0.461 e. The molecule has 0 aliphatic carbocycles. The van der Waals surface area contributed by atoms with E-state index in [0.29, 0.717) is 22.4 Å². The molecule has 0 amide bonds. The van der Waals surface area contributed by atoms with Crippen LogP contribution in [-0.2, 0) is 4.74 Å². The Kier molecular flexibility index (Phi) is 5.06. The van der Waals surface area contributed by atoms with Crippen LogP contribution in [0.1, 0.15) is 10.4 Å². The van der Waals surface area contributed by atoms with Gasteiger partial charge in [-0.2, -0.15) is 0 Å². The topological polar surface area (TPSA) is 65.2 Å². The number of carbonyl (C=O) groups excluding carboxylic acids is 1. The molecule has 0 atom stereocenters. The van der Waals surface area contributed by atoms with Crippen LogP contribution >= 0.6 is 11.8 Å². The van der Waals surface area contributed by atoms with Gasteiger partial charge >= 0.3 is 5.97 Å². The molecule has 5 nitrogen and oxygen atoms in total. The van der Waals surface area contributed by atoms with Crippen molar-refractivity contribution in [2.45, 2.75) is 5.22 Å². The summed E-state index contributed by atoms with van der Waals surface area (Å²) in [6, 6.07) is 18.5. The van der Waals surface area contributed by atoms with Crippen molar-refractivity contribution >= 4 is 17.7 Å². The first-order valence-corrected chi connectivity index (χ1v) is 8.05. The first-order chi connectivity index (χ1) is 11.3. The summed E-state index contributed by atoms with van der Waals surface area (Å²) < 4.78 is 10.8. The molecule has 0 N–H and O–H groups in total. The van der Waals surface area contributed by atoms with Crippen LogP contribution in [0.4, 0.5) is 0 Å². The van der Waals surface area contributed by atoms with E-state index in [9.17, 15) is 4.79 Å². The van der Waals surface area contributed by atoms with Gasteiger partial charge < -0.3 is 9.15 Å². The molecule has 1 heterocycles. The minimum absolute atomic E-state index is 0.279. The number of aromatic nitrogens is 2. The lowest BCUT2D eigenvalue weighted by Gasteiger charge is -2.03. The maximum absolute atomic E-state index is 11.8. The van der Waals surface area contributed by atoms with Crippen molar-refractivity contribution in [3.8, 4) is 11.5 Å². The third-order valence-corrected chi connectivity index (χ3v) is 3.76. The van der Waals surface area contributed by atoms with Gasteiger partial charge in [0.15, 0.2) is 0 Å². The summed E-state index contributed by atoms with van der Waals surface area (Å²) in [5.41, 5.74) is 1.42. The zero-order chi connectivity index (χ0) is 15.9. The maximum atomic E-state index is 11.8. The fourth-order valence-corrected chi connectivity index (χ4v) is 2.46. The predicted octanol–water partition coefficient (Wildman–Crippen LogP) is 3.69. The van der Waals surface area contributed by atoms with Gasteiger partial charge in [-0.05, 0) is 24.3 Å². The highest BCUT2D eigenvalue weighted by molar-refractivity contribution is 7.99. The number of hydrogen-bond acceptors (Lipinski definition) is 6. The van der Waals surface area contributed by atoms with Crippen molar-refractivity contribution in [3.63, 3.8) is 0 Å². The molecule has 0 aliphatic heterocycles. The fraction of sp³-hybridized carbons (Fsp3) is 0.118. The van der Waals surface area contributed by atoms with Crippen molar-refractivity contribution in [1.82, 2.24) is 10.2 Å². The van der Waals surface area contributed by atoms with Crippen LogP contribution in [0.3, 0.4) is 0 Å². The number of thioether (sulfide) groups is 1. The van der Waals surface area contributed by atoms with Crippen molar-refractivity contribution in [2.24, 2.45) is 0 Å². The molecule has 0 bridgehead atoms. The lowest BCUT2D eigenvalue weighted by atomic mass is 10.2. The van der Waals surface area contributed by atoms with Gasteiger partial charge in [0.25, 0.3) is 5.22 Å². The third kappa shape index (κ3) is 4.20. The minimum atomic E-state index is -0.332. The molecule has 0 unspecified atom stereocenters. The second kappa shape index (κ2) is 7.60. The maximum Gasteiger partial charge on any atom is 0.338 e. The molecule has 23 heavy (non-hydrogen) atoms. The molecule has 116 valence electrons. The van der Waals surface area contributed by atoms with Crippen LogP contribution in [0.2, 0.25) is 0 Å². The Balaban J connectivity index is 1.46. The van der Waals surface area contributed by atoms with Gasteiger partial charge in [0, 0.05) is 11.3 Å². The second-order valence-corrected chi connectivity index (χ2v) is 5.64. The Morgan fingerprint density at radius 3 is 2.43 bits per heavy atom. The molecule has 0 radical (unpaired) electrons. The van der Waals surface area contributed by atoms with Gasteiger partial charge in [0.1, 0.15) is 6.61 Å². The smallest absolute Gasteiger partial charge is 0.338 e. The molecule has 0 aliphatic rings. The van der Waals surface area contributed by atoms with Crippen LogP contribution in [0, 0.1) is 0 Å². The highest BCUT2D eigenvalue weighted by Crippen LogP contribution is 2.22. The van der Waals surface area contributed by atoms with E-state index < -0.39 is 0 Å². The zero-order valence-electron chi connectivity index (χ0n) is 12.2. The first-order valence-electron chi connectivity index (χ1n) is 7.07. The monoisotopic (exact) mass is 326 g/mol. The van der Waals surface area contributed by atoms with Crippen LogP contribution in [0.15, 0.2) is 70.3 Å². The van der Waals surface area contributed by atoms with Crippen LogP contribution < -0.4 is 0 Å². The van der Waals surface area contributed by atoms with Gasteiger partial charge in [-0.15, -0.1) is 10.2 Å². The van der Waals surface area contributed by atoms with E-state index in [1.807, 2.05) is 36.4 Å². The summed E-state index contributed by atoms with van der Waals surface area (Å²) >= 11 is 1.36. The van der Waals surface area contributed by atoms with Gasteiger partial charge in [-0.1, -0.05) is 48.2 Å². The molecule has 1 aromatic heterocycles. The molecule has 0 saturated carbocycles. The molecule has 3 rings (SSSR count). The van der Waals surface area contributed by atoms with E-state index in [1.54, 1.807) is 24.3 Å². The number of nitrogens with zero attached hydrogens (tertiary/aromatic N) is 2.